The van der Waals surface area contributed by atoms with Crippen molar-refractivity contribution in [2.24, 2.45) is 0 Å². The van der Waals surface area contributed by atoms with E-state index in [0.29, 0.717) is 0 Å². The van der Waals surface area contributed by atoms with Crippen LogP contribution in [0.5, 0.6) is 0 Å². The standard InChI is InChI=1S/C14H24N2O/c1-13(17)5-3-4-11-16(2)12-8-14-6-9-15-10-7-14/h6-7,9-10,13,17H,3-5,8,11-12H2,1-2H3. The summed E-state index contributed by atoms with van der Waals surface area (Å²) in [5.74, 6) is 0. The maximum absolute atomic E-state index is 9.15. The van der Waals surface area contributed by atoms with Crippen LogP contribution < -0.4 is 0 Å². The van der Waals surface area contributed by atoms with Gasteiger partial charge in [0.05, 0.1) is 6.10 Å². The molecule has 0 aromatic carbocycles. The molecule has 3 heteroatoms. The SMILES string of the molecule is CC(O)CCCCN(C)CCc1ccncc1. The molecular weight excluding hydrogens is 212 g/mol. The summed E-state index contributed by atoms with van der Waals surface area (Å²) in [6, 6.07) is 4.14. The van der Waals surface area contributed by atoms with Gasteiger partial charge in [-0.1, -0.05) is 0 Å². The summed E-state index contributed by atoms with van der Waals surface area (Å²) < 4.78 is 0. The van der Waals surface area contributed by atoms with Crippen molar-refractivity contribution in [1.29, 1.82) is 0 Å². The minimum Gasteiger partial charge on any atom is -0.393 e. The number of pyridine rings is 1. The third-order valence-corrected chi connectivity index (χ3v) is 2.94. The largest absolute Gasteiger partial charge is 0.393 e. The maximum atomic E-state index is 9.15. The highest BCUT2D eigenvalue weighted by molar-refractivity contribution is 5.09. The Hall–Kier alpha value is -0.930. The average molecular weight is 236 g/mol. The van der Waals surface area contributed by atoms with Crippen molar-refractivity contribution in [3.63, 3.8) is 0 Å². The molecule has 0 amide bonds. The van der Waals surface area contributed by atoms with E-state index < -0.39 is 0 Å². The molecule has 0 aliphatic rings. The molecule has 1 rings (SSSR count). The summed E-state index contributed by atoms with van der Waals surface area (Å²) in [6.07, 6.45) is 7.80. The topological polar surface area (TPSA) is 36.4 Å². The van der Waals surface area contributed by atoms with Gasteiger partial charge < -0.3 is 10.0 Å². The Morgan fingerprint density at radius 3 is 2.59 bits per heavy atom. The normalized spacial score (nSPS) is 12.9. The van der Waals surface area contributed by atoms with Crippen LogP contribution in [0.15, 0.2) is 24.5 Å². The van der Waals surface area contributed by atoms with Crippen LogP contribution in [0.1, 0.15) is 31.7 Å². The second-order valence-corrected chi connectivity index (χ2v) is 4.75. The van der Waals surface area contributed by atoms with Crippen LogP contribution in [-0.4, -0.2) is 41.2 Å². The van der Waals surface area contributed by atoms with E-state index in [4.69, 9.17) is 5.11 Å². The number of aliphatic hydroxyl groups is 1. The number of likely N-dealkylation sites (N-methyl/N-ethyl adjacent to an activating group) is 1. The molecule has 0 spiro atoms. The monoisotopic (exact) mass is 236 g/mol. The average Bonchev–Trinajstić information content (AvgIpc) is 2.33. The number of hydrogen-bond donors (Lipinski definition) is 1. The van der Waals surface area contributed by atoms with Gasteiger partial charge >= 0.3 is 0 Å². The summed E-state index contributed by atoms with van der Waals surface area (Å²) >= 11 is 0. The van der Waals surface area contributed by atoms with E-state index in [-0.39, 0.29) is 6.10 Å². The fourth-order valence-electron chi connectivity index (χ4n) is 1.80. The lowest BCUT2D eigenvalue weighted by atomic mass is 10.1. The van der Waals surface area contributed by atoms with Crippen molar-refractivity contribution in [2.45, 2.75) is 38.7 Å². The third-order valence-electron chi connectivity index (χ3n) is 2.94. The molecule has 96 valence electrons. The van der Waals surface area contributed by atoms with Crippen molar-refractivity contribution in [3.05, 3.63) is 30.1 Å². The molecule has 3 nitrogen and oxygen atoms in total. The zero-order valence-corrected chi connectivity index (χ0v) is 11.0. The molecule has 1 aromatic heterocycles. The second kappa shape index (κ2) is 8.20. The predicted octanol–water partition coefficient (Wildman–Crippen LogP) is 2.11. The molecule has 0 bridgehead atoms. The van der Waals surface area contributed by atoms with Gasteiger partial charge in [0.25, 0.3) is 0 Å². The van der Waals surface area contributed by atoms with Gasteiger partial charge in [0.2, 0.25) is 0 Å². The second-order valence-electron chi connectivity index (χ2n) is 4.75. The van der Waals surface area contributed by atoms with Gasteiger partial charge in [-0.15, -0.1) is 0 Å². The van der Waals surface area contributed by atoms with Crippen LogP contribution in [0.2, 0.25) is 0 Å². The maximum Gasteiger partial charge on any atom is 0.0512 e. The number of rotatable bonds is 8. The first-order valence-corrected chi connectivity index (χ1v) is 6.44. The minimum atomic E-state index is -0.155. The van der Waals surface area contributed by atoms with Crippen LogP contribution in [-0.2, 0) is 6.42 Å². The van der Waals surface area contributed by atoms with E-state index >= 15 is 0 Å². The van der Waals surface area contributed by atoms with Gasteiger partial charge in [0, 0.05) is 18.9 Å². The summed E-state index contributed by atoms with van der Waals surface area (Å²) in [7, 11) is 2.16. The number of hydrogen-bond acceptors (Lipinski definition) is 3. The Morgan fingerprint density at radius 2 is 1.94 bits per heavy atom. The van der Waals surface area contributed by atoms with Crippen LogP contribution in [0.25, 0.3) is 0 Å². The summed E-state index contributed by atoms with van der Waals surface area (Å²) in [5.41, 5.74) is 1.34. The molecule has 0 saturated carbocycles. The molecule has 1 aromatic rings. The molecule has 1 heterocycles. The first-order chi connectivity index (χ1) is 8.18. The number of unbranched alkanes of at least 4 members (excludes halogenated alkanes) is 1. The van der Waals surface area contributed by atoms with Gasteiger partial charge in [-0.25, -0.2) is 0 Å². The Morgan fingerprint density at radius 1 is 1.24 bits per heavy atom. The summed E-state index contributed by atoms with van der Waals surface area (Å²) in [4.78, 5) is 6.36. The van der Waals surface area contributed by atoms with Crippen LogP contribution in [0.4, 0.5) is 0 Å². The fourth-order valence-corrected chi connectivity index (χ4v) is 1.80. The molecule has 0 aliphatic carbocycles. The molecular formula is C14H24N2O. The Kier molecular flexibility index (Phi) is 6.82. The van der Waals surface area contributed by atoms with Crippen molar-refractivity contribution >= 4 is 0 Å². The predicted molar refractivity (Wildman–Crippen MR) is 71.0 cm³/mol. The van der Waals surface area contributed by atoms with Gasteiger partial charge in [-0.2, -0.15) is 0 Å². The van der Waals surface area contributed by atoms with E-state index in [1.807, 2.05) is 19.3 Å². The van der Waals surface area contributed by atoms with E-state index in [0.717, 1.165) is 38.8 Å². The highest BCUT2D eigenvalue weighted by Gasteiger charge is 2.00. The highest BCUT2D eigenvalue weighted by atomic mass is 16.3. The molecule has 17 heavy (non-hydrogen) atoms. The van der Waals surface area contributed by atoms with E-state index in [1.54, 1.807) is 0 Å². The van der Waals surface area contributed by atoms with Crippen LogP contribution in [0.3, 0.4) is 0 Å². The molecule has 0 saturated heterocycles. The third kappa shape index (κ3) is 7.08. The molecule has 0 fully saturated rings. The number of aromatic nitrogens is 1. The fraction of sp³-hybridized carbons (Fsp3) is 0.643. The van der Waals surface area contributed by atoms with E-state index in [9.17, 15) is 0 Å². The first kappa shape index (κ1) is 14.1. The summed E-state index contributed by atoms with van der Waals surface area (Å²) in [5, 5.41) is 9.15. The molecule has 1 N–H and O–H groups in total. The van der Waals surface area contributed by atoms with Crippen LogP contribution in [0, 0.1) is 0 Å². The van der Waals surface area contributed by atoms with E-state index in [2.05, 4.69) is 29.1 Å². The van der Waals surface area contributed by atoms with Crippen molar-refractivity contribution in [2.75, 3.05) is 20.1 Å². The van der Waals surface area contributed by atoms with Gasteiger partial charge in [-0.05, 0) is 63.9 Å². The first-order valence-electron chi connectivity index (χ1n) is 6.44. The minimum absolute atomic E-state index is 0.155. The van der Waals surface area contributed by atoms with Crippen molar-refractivity contribution < 1.29 is 5.11 Å². The number of nitrogens with zero attached hydrogens (tertiary/aromatic N) is 2. The lowest BCUT2D eigenvalue weighted by molar-refractivity contribution is 0.178. The molecule has 0 radical (unpaired) electrons. The Labute approximate surface area is 104 Å². The van der Waals surface area contributed by atoms with E-state index in [1.165, 1.54) is 5.56 Å². The van der Waals surface area contributed by atoms with Crippen molar-refractivity contribution in [1.82, 2.24) is 9.88 Å². The molecule has 1 unspecified atom stereocenters. The molecule has 1 atom stereocenters. The highest BCUT2D eigenvalue weighted by Crippen LogP contribution is 2.03. The van der Waals surface area contributed by atoms with Gasteiger partial charge in [0.1, 0.15) is 0 Å². The number of aliphatic hydroxyl groups excluding tert-OH is 1. The smallest absolute Gasteiger partial charge is 0.0512 e. The quantitative estimate of drug-likeness (QED) is 0.702. The summed E-state index contributed by atoms with van der Waals surface area (Å²) in [6.45, 7) is 4.05. The van der Waals surface area contributed by atoms with Crippen molar-refractivity contribution in [3.8, 4) is 0 Å². The Balaban J connectivity index is 2.07. The van der Waals surface area contributed by atoms with Gasteiger partial charge in [0.15, 0.2) is 0 Å². The lowest BCUT2D eigenvalue weighted by Crippen LogP contribution is -2.22. The zero-order valence-electron chi connectivity index (χ0n) is 11.0. The molecule has 0 aliphatic heterocycles. The zero-order chi connectivity index (χ0) is 12.5. The van der Waals surface area contributed by atoms with Crippen LogP contribution >= 0.6 is 0 Å². The lowest BCUT2D eigenvalue weighted by Gasteiger charge is -2.16. The van der Waals surface area contributed by atoms with Gasteiger partial charge in [-0.3, -0.25) is 4.98 Å². The Bertz CT molecular complexity index is 288.